The quantitative estimate of drug-likeness (QED) is 0.822. The van der Waals surface area contributed by atoms with Crippen LogP contribution in [-0.2, 0) is 12.8 Å². The molecule has 1 aromatic rings. The average molecular weight is 330 g/mol. The van der Waals surface area contributed by atoms with Crippen molar-refractivity contribution in [3.8, 4) is 0 Å². The van der Waals surface area contributed by atoms with Crippen LogP contribution in [0.1, 0.15) is 40.9 Å². The van der Waals surface area contributed by atoms with E-state index in [0.29, 0.717) is 11.6 Å². The van der Waals surface area contributed by atoms with Crippen molar-refractivity contribution in [3.05, 3.63) is 33.2 Å². The second kappa shape index (κ2) is 6.69. The molecule has 1 atom stereocenters. The summed E-state index contributed by atoms with van der Waals surface area (Å²) in [4.78, 5) is 32.5. The van der Waals surface area contributed by atoms with Gasteiger partial charge in [-0.25, -0.2) is 0 Å². The molecule has 2 N–H and O–H groups in total. The van der Waals surface area contributed by atoms with Crippen molar-refractivity contribution < 1.29 is 4.79 Å². The van der Waals surface area contributed by atoms with Crippen LogP contribution in [0.25, 0.3) is 0 Å². The van der Waals surface area contributed by atoms with Crippen molar-refractivity contribution in [1.29, 1.82) is 0 Å². The van der Waals surface area contributed by atoms with Gasteiger partial charge < -0.3 is 15.2 Å². The number of piperazine rings is 1. The van der Waals surface area contributed by atoms with Gasteiger partial charge in [0.2, 0.25) is 0 Å². The molecule has 0 aromatic carbocycles. The number of aromatic amines is 1. The molecule has 130 valence electrons. The Kier molecular flexibility index (Phi) is 4.41. The van der Waals surface area contributed by atoms with Crippen LogP contribution in [0.3, 0.4) is 0 Å². The number of hydrogen-bond acceptors (Lipinski definition) is 4. The van der Waals surface area contributed by atoms with E-state index in [2.05, 4.69) is 15.2 Å². The van der Waals surface area contributed by atoms with E-state index in [1.807, 2.05) is 11.0 Å². The molecule has 1 unspecified atom stereocenters. The normalized spacial score (nSPS) is 24.8. The van der Waals surface area contributed by atoms with E-state index < -0.39 is 0 Å². The molecule has 0 saturated carbocycles. The zero-order valence-electron chi connectivity index (χ0n) is 14.1. The van der Waals surface area contributed by atoms with Crippen LogP contribution >= 0.6 is 0 Å². The standard InChI is InChI=1S/C18H26N4O2/c23-17-15(11-13-3-1-2-4-16(13)20-17)18(24)22-8-5-14(12-22)21-9-6-19-7-10-21/h11,14,19H,1-10,12H2,(H,20,23). The monoisotopic (exact) mass is 330 g/mol. The summed E-state index contributed by atoms with van der Waals surface area (Å²) in [5.74, 6) is -0.0951. The van der Waals surface area contributed by atoms with Crippen molar-refractivity contribution in [2.75, 3.05) is 39.3 Å². The van der Waals surface area contributed by atoms with Gasteiger partial charge in [-0.15, -0.1) is 0 Å². The maximum atomic E-state index is 12.9. The Morgan fingerprint density at radius 3 is 2.75 bits per heavy atom. The molecule has 4 rings (SSSR count). The fourth-order valence-electron chi connectivity index (χ4n) is 4.28. The molecule has 1 aliphatic carbocycles. The second-order valence-electron chi connectivity index (χ2n) is 7.20. The summed E-state index contributed by atoms with van der Waals surface area (Å²) in [5, 5.41) is 3.37. The van der Waals surface area contributed by atoms with Gasteiger partial charge in [0, 0.05) is 51.0 Å². The molecule has 0 bridgehead atoms. The number of hydrogen-bond donors (Lipinski definition) is 2. The van der Waals surface area contributed by atoms with Crippen LogP contribution in [0.5, 0.6) is 0 Å². The molecule has 2 fully saturated rings. The predicted molar refractivity (Wildman–Crippen MR) is 92.5 cm³/mol. The van der Waals surface area contributed by atoms with Gasteiger partial charge in [-0.3, -0.25) is 14.5 Å². The van der Waals surface area contributed by atoms with Crippen molar-refractivity contribution >= 4 is 5.91 Å². The van der Waals surface area contributed by atoms with Crippen LogP contribution in [-0.4, -0.2) is 66.0 Å². The highest BCUT2D eigenvalue weighted by molar-refractivity contribution is 5.94. The molecule has 2 aliphatic heterocycles. The minimum Gasteiger partial charge on any atom is -0.337 e. The number of nitrogens with zero attached hydrogens (tertiary/aromatic N) is 2. The molecule has 3 heterocycles. The van der Waals surface area contributed by atoms with E-state index >= 15 is 0 Å². The fourth-order valence-corrected chi connectivity index (χ4v) is 4.28. The Morgan fingerprint density at radius 1 is 1.12 bits per heavy atom. The number of carbonyl (C=O) groups is 1. The molecular formula is C18H26N4O2. The van der Waals surface area contributed by atoms with Gasteiger partial charge in [0.1, 0.15) is 5.56 Å². The first-order valence-electron chi connectivity index (χ1n) is 9.21. The lowest BCUT2D eigenvalue weighted by Gasteiger charge is -2.32. The number of amides is 1. The largest absolute Gasteiger partial charge is 0.337 e. The highest BCUT2D eigenvalue weighted by atomic mass is 16.2. The summed E-state index contributed by atoms with van der Waals surface area (Å²) in [5.41, 5.74) is 2.30. The first-order chi connectivity index (χ1) is 11.7. The van der Waals surface area contributed by atoms with Crippen molar-refractivity contribution in [2.45, 2.75) is 38.1 Å². The summed E-state index contributed by atoms with van der Waals surface area (Å²) in [6.07, 6.45) is 5.16. The Bertz CT molecular complexity index is 678. The third kappa shape index (κ3) is 3.00. The number of fused-ring (bicyclic) bond motifs is 1. The van der Waals surface area contributed by atoms with Crippen LogP contribution in [0.2, 0.25) is 0 Å². The number of rotatable bonds is 2. The lowest BCUT2D eigenvalue weighted by atomic mass is 9.95. The Hall–Kier alpha value is -1.66. The molecule has 24 heavy (non-hydrogen) atoms. The highest BCUT2D eigenvalue weighted by Crippen LogP contribution is 2.21. The van der Waals surface area contributed by atoms with E-state index in [1.165, 1.54) is 0 Å². The second-order valence-corrected chi connectivity index (χ2v) is 7.20. The fraction of sp³-hybridized carbons (Fsp3) is 0.667. The Balaban J connectivity index is 1.49. The maximum absolute atomic E-state index is 12.9. The maximum Gasteiger partial charge on any atom is 0.261 e. The molecule has 0 radical (unpaired) electrons. The van der Waals surface area contributed by atoms with Gasteiger partial charge in [0.15, 0.2) is 0 Å². The summed E-state index contributed by atoms with van der Waals surface area (Å²) in [6, 6.07) is 2.29. The number of H-pyrrole nitrogens is 1. The first kappa shape index (κ1) is 15.8. The van der Waals surface area contributed by atoms with Gasteiger partial charge >= 0.3 is 0 Å². The SMILES string of the molecule is O=C(c1cc2c([nH]c1=O)CCCC2)N1CCC(N2CCNCC2)C1. The summed E-state index contributed by atoms with van der Waals surface area (Å²) < 4.78 is 0. The van der Waals surface area contributed by atoms with E-state index in [-0.39, 0.29) is 11.5 Å². The number of aryl methyl sites for hydroxylation is 2. The van der Waals surface area contributed by atoms with Gasteiger partial charge in [-0.1, -0.05) is 0 Å². The predicted octanol–water partition coefficient (Wildman–Crippen LogP) is 0.373. The molecule has 6 heteroatoms. The van der Waals surface area contributed by atoms with E-state index in [4.69, 9.17) is 0 Å². The first-order valence-corrected chi connectivity index (χ1v) is 9.21. The molecule has 1 aromatic heterocycles. The highest BCUT2D eigenvalue weighted by Gasteiger charge is 2.32. The summed E-state index contributed by atoms with van der Waals surface area (Å²) in [7, 11) is 0. The molecular weight excluding hydrogens is 304 g/mol. The minimum absolute atomic E-state index is 0.0951. The van der Waals surface area contributed by atoms with Gasteiger partial charge in [0.05, 0.1) is 0 Å². The third-order valence-corrected chi connectivity index (χ3v) is 5.69. The van der Waals surface area contributed by atoms with E-state index in [1.54, 1.807) is 0 Å². The molecule has 0 spiro atoms. The van der Waals surface area contributed by atoms with Gasteiger partial charge in [-0.05, 0) is 43.7 Å². The number of likely N-dealkylation sites (tertiary alicyclic amines) is 1. The van der Waals surface area contributed by atoms with E-state index in [9.17, 15) is 9.59 Å². The zero-order valence-corrected chi connectivity index (χ0v) is 14.1. The molecule has 2 saturated heterocycles. The summed E-state index contributed by atoms with van der Waals surface area (Å²) >= 11 is 0. The van der Waals surface area contributed by atoms with Crippen molar-refractivity contribution in [1.82, 2.24) is 20.1 Å². The lowest BCUT2D eigenvalue weighted by molar-refractivity contribution is 0.0771. The van der Waals surface area contributed by atoms with Crippen molar-refractivity contribution in [2.24, 2.45) is 0 Å². The van der Waals surface area contributed by atoms with Crippen molar-refractivity contribution in [3.63, 3.8) is 0 Å². The number of nitrogens with one attached hydrogen (secondary N) is 2. The molecule has 3 aliphatic rings. The van der Waals surface area contributed by atoms with Crippen LogP contribution in [0.4, 0.5) is 0 Å². The van der Waals surface area contributed by atoms with Crippen LogP contribution < -0.4 is 10.9 Å². The molecule has 1 amide bonds. The average Bonchev–Trinajstić information content (AvgIpc) is 3.11. The summed E-state index contributed by atoms with van der Waals surface area (Å²) in [6.45, 7) is 5.64. The lowest BCUT2D eigenvalue weighted by Crippen LogP contribution is -2.49. The van der Waals surface area contributed by atoms with E-state index in [0.717, 1.165) is 82.6 Å². The Morgan fingerprint density at radius 2 is 1.92 bits per heavy atom. The topological polar surface area (TPSA) is 68.4 Å². The van der Waals surface area contributed by atoms with Crippen LogP contribution in [0.15, 0.2) is 10.9 Å². The minimum atomic E-state index is -0.216. The number of pyridine rings is 1. The zero-order chi connectivity index (χ0) is 16.5. The third-order valence-electron chi connectivity index (χ3n) is 5.69. The Labute approximate surface area is 142 Å². The smallest absolute Gasteiger partial charge is 0.261 e. The number of carbonyl (C=O) groups excluding carboxylic acids is 1. The molecule has 6 nitrogen and oxygen atoms in total. The van der Waals surface area contributed by atoms with Gasteiger partial charge in [-0.2, -0.15) is 0 Å². The van der Waals surface area contributed by atoms with Gasteiger partial charge in [0.25, 0.3) is 11.5 Å². The van der Waals surface area contributed by atoms with Crippen LogP contribution in [0, 0.1) is 0 Å². The number of aromatic nitrogens is 1.